The molecule has 2 unspecified atom stereocenters. The van der Waals surface area contributed by atoms with Gasteiger partial charge in [-0.15, -0.1) is 0 Å². The standard InChI is InChI=1S/C21H36O2/c1-3-4-16-7-11-18(12-8-16)20-14-13-19(21(22)23-20)17-9-5-15(2)6-10-17/h15-20H,3-14H2,1-2H3. The highest BCUT2D eigenvalue weighted by Gasteiger charge is 2.40. The maximum atomic E-state index is 12.6. The Balaban J connectivity index is 1.46. The summed E-state index contributed by atoms with van der Waals surface area (Å²) < 4.78 is 5.97. The van der Waals surface area contributed by atoms with E-state index in [-0.39, 0.29) is 18.0 Å². The van der Waals surface area contributed by atoms with Crippen LogP contribution in [0.4, 0.5) is 0 Å². The quantitative estimate of drug-likeness (QED) is 0.617. The predicted molar refractivity (Wildman–Crippen MR) is 94.1 cm³/mol. The fourth-order valence-corrected chi connectivity index (χ4v) is 5.46. The minimum Gasteiger partial charge on any atom is -0.462 e. The normalized spacial score (nSPS) is 42.3. The zero-order valence-electron chi connectivity index (χ0n) is 15.3. The summed E-state index contributed by atoms with van der Waals surface area (Å²) in [5.74, 6) is 3.43. The maximum Gasteiger partial charge on any atom is 0.309 e. The van der Waals surface area contributed by atoms with Crippen molar-refractivity contribution in [3.05, 3.63) is 0 Å². The lowest BCUT2D eigenvalue weighted by molar-refractivity contribution is -0.168. The third-order valence-corrected chi connectivity index (χ3v) is 7.08. The SMILES string of the molecule is CCCC1CCC(C2CCC(C3CCC(C)CC3)C(=O)O2)CC1. The fraction of sp³-hybridized carbons (Fsp3) is 0.952. The molecule has 2 atom stereocenters. The molecule has 0 N–H and O–H groups in total. The Morgan fingerprint density at radius 2 is 1.52 bits per heavy atom. The van der Waals surface area contributed by atoms with Crippen molar-refractivity contribution < 1.29 is 9.53 Å². The van der Waals surface area contributed by atoms with Crippen LogP contribution in [0.2, 0.25) is 0 Å². The van der Waals surface area contributed by atoms with E-state index >= 15 is 0 Å². The third-order valence-electron chi connectivity index (χ3n) is 7.08. The molecule has 0 aromatic rings. The Hall–Kier alpha value is -0.530. The number of carbonyl (C=O) groups is 1. The number of hydrogen-bond acceptors (Lipinski definition) is 2. The van der Waals surface area contributed by atoms with E-state index in [1.54, 1.807) is 0 Å². The summed E-state index contributed by atoms with van der Waals surface area (Å²) in [4.78, 5) is 12.6. The van der Waals surface area contributed by atoms with Gasteiger partial charge in [0.1, 0.15) is 6.10 Å². The number of carbonyl (C=O) groups excluding carboxylic acids is 1. The molecule has 0 aromatic carbocycles. The van der Waals surface area contributed by atoms with Crippen LogP contribution in [-0.2, 0) is 9.53 Å². The largest absolute Gasteiger partial charge is 0.462 e. The van der Waals surface area contributed by atoms with Crippen LogP contribution in [0.25, 0.3) is 0 Å². The van der Waals surface area contributed by atoms with Crippen LogP contribution in [0.5, 0.6) is 0 Å². The van der Waals surface area contributed by atoms with E-state index in [9.17, 15) is 4.79 Å². The molecule has 0 spiro atoms. The molecule has 1 saturated heterocycles. The summed E-state index contributed by atoms with van der Waals surface area (Å²) >= 11 is 0. The molecule has 3 fully saturated rings. The second-order valence-electron chi connectivity index (χ2n) is 8.75. The van der Waals surface area contributed by atoms with E-state index in [1.807, 2.05) is 0 Å². The van der Waals surface area contributed by atoms with Gasteiger partial charge in [-0.1, -0.05) is 52.4 Å². The highest BCUT2D eigenvalue weighted by molar-refractivity contribution is 5.73. The Bertz CT molecular complexity index is 375. The summed E-state index contributed by atoms with van der Waals surface area (Å²) in [6.07, 6.45) is 15.6. The molecule has 2 heteroatoms. The van der Waals surface area contributed by atoms with E-state index in [4.69, 9.17) is 4.74 Å². The Labute approximate surface area is 142 Å². The van der Waals surface area contributed by atoms with Crippen LogP contribution in [0.1, 0.15) is 90.9 Å². The summed E-state index contributed by atoms with van der Waals surface area (Å²) in [5, 5.41) is 0. The lowest BCUT2D eigenvalue weighted by Gasteiger charge is -2.40. The molecular weight excluding hydrogens is 284 g/mol. The maximum absolute atomic E-state index is 12.6. The van der Waals surface area contributed by atoms with Gasteiger partial charge in [-0.25, -0.2) is 0 Å². The molecule has 0 amide bonds. The van der Waals surface area contributed by atoms with Crippen molar-refractivity contribution in [1.82, 2.24) is 0 Å². The number of cyclic esters (lactones) is 1. The smallest absolute Gasteiger partial charge is 0.309 e. The average molecular weight is 321 g/mol. The van der Waals surface area contributed by atoms with Gasteiger partial charge >= 0.3 is 5.97 Å². The summed E-state index contributed by atoms with van der Waals surface area (Å²) in [6.45, 7) is 4.64. The molecule has 3 aliphatic rings. The topological polar surface area (TPSA) is 26.3 Å². The van der Waals surface area contributed by atoms with E-state index in [0.717, 1.165) is 24.7 Å². The molecule has 0 bridgehead atoms. The van der Waals surface area contributed by atoms with Crippen molar-refractivity contribution in [2.75, 3.05) is 0 Å². The van der Waals surface area contributed by atoms with Crippen molar-refractivity contribution >= 4 is 5.97 Å². The summed E-state index contributed by atoms with van der Waals surface area (Å²) in [7, 11) is 0. The number of hydrogen-bond donors (Lipinski definition) is 0. The zero-order valence-corrected chi connectivity index (χ0v) is 15.3. The zero-order chi connectivity index (χ0) is 16.2. The third kappa shape index (κ3) is 4.31. The highest BCUT2D eigenvalue weighted by Crippen LogP contribution is 2.41. The van der Waals surface area contributed by atoms with E-state index in [2.05, 4.69) is 13.8 Å². The minimum absolute atomic E-state index is 0.150. The van der Waals surface area contributed by atoms with Crippen molar-refractivity contribution in [2.24, 2.45) is 29.6 Å². The second kappa shape index (κ2) is 8.03. The highest BCUT2D eigenvalue weighted by atomic mass is 16.5. The van der Waals surface area contributed by atoms with Crippen molar-refractivity contribution in [3.63, 3.8) is 0 Å². The van der Waals surface area contributed by atoms with Crippen molar-refractivity contribution in [1.29, 1.82) is 0 Å². The van der Waals surface area contributed by atoms with Gasteiger partial charge in [0.25, 0.3) is 0 Å². The van der Waals surface area contributed by atoms with Gasteiger partial charge < -0.3 is 4.74 Å². The average Bonchev–Trinajstić information content (AvgIpc) is 2.57. The molecule has 2 saturated carbocycles. The van der Waals surface area contributed by atoms with E-state index < -0.39 is 0 Å². The number of esters is 1. The van der Waals surface area contributed by atoms with Crippen LogP contribution in [0, 0.1) is 29.6 Å². The van der Waals surface area contributed by atoms with Gasteiger partial charge in [0, 0.05) is 0 Å². The number of ether oxygens (including phenoxy) is 1. The van der Waals surface area contributed by atoms with Crippen molar-refractivity contribution in [3.8, 4) is 0 Å². The minimum atomic E-state index is 0.150. The number of rotatable bonds is 4. The Kier molecular flexibility index (Phi) is 6.04. The van der Waals surface area contributed by atoms with Gasteiger partial charge in [0.05, 0.1) is 5.92 Å². The molecule has 0 aromatic heterocycles. The summed E-state index contributed by atoms with van der Waals surface area (Å²) in [6, 6.07) is 0. The molecule has 1 aliphatic heterocycles. The van der Waals surface area contributed by atoms with Crippen molar-refractivity contribution in [2.45, 2.75) is 97.0 Å². The first kappa shape index (κ1) is 17.3. The molecular formula is C21H36O2. The molecule has 1 heterocycles. The van der Waals surface area contributed by atoms with Gasteiger partial charge in [-0.3, -0.25) is 4.79 Å². The first-order chi connectivity index (χ1) is 11.2. The predicted octanol–water partition coefficient (Wildman–Crippen LogP) is 5.74. The summed E-state index contributed by atoms with van der Waals surface area (Å²) in [5.41, 5.74) is 0. The van der Waals surface area contributed by atoms with Gasteiger partial charge in [-0.05, 0) is 62.2 Å². The molecule has 0 radical (unpaired) electrons. The fourth-order valence-electron chi connectivity index (χ4n) is 5.46. The molecule has 2 aliphatic carbocycles. The molecule has 23 heavy (non-hydrogen) atoms. The molecule has 3 rings (SSSR count). The lowest BCUT2D eigenvalue weighted by atomic mass is 9.72. The second-order valence-corrected chi connectivity index (χ2v) is 8.75. The Morgan fingerprint density at radius 1 is 0.870 bits per heavy atom. The lowest BCUT2D eigenvalue weighted by Crippen LogP contribution is -2.40. The molecule has 2 nitrogen and oxygen atoms in total. The van der Waals surface area contributed by atoms with Crippen LogP contribution in [-0.4, -0.2) is 12.1 Å². The van der Waals surface area contributed by atoms with Crippen LogP contribution < -0.4 is 0 Å². The van der Waals surface area contributed by atoms with E-state index in [0.29, 0.717) is 11.8 Å². The molecule has 132 valence electrons. The van der Waals surface area contributed by atoms with Crippen LogP contribution in [0.3, 0.4) is 0 Å². The van der Waals surface area contributed by atoms with Crippen LogP contribution in [0.15, 0.2) is 0 Å². The van der Waals surface area contributed by atoms with Gasteiger partial charge in [0.2, 0.25) is 0 Å². The van der Waals surface area contributed by atoms with Crippen LogP contribution >= 0.6 is 0 Å². The van der Waals surface area contributed by atoms with Gasteiger partial charge in [0.15, 0.2) is 0 Å². The first-order valence-electron chi connectivity index (χ1n) is 10.4. The van der Waals surface area contributed by atoms with Gasteiger partial charge in [-0.2, -0.15) is 0 Å². The Morgan fingerprint density at radius 3 is 2.13 bits per heavy atom. The van der Waals surface area contributed by atoms with E-state index in [1.165, 1.54) is 64.2 Å². The monoisotopic (exact) mass is 320 g/mol. The first-order valence-corrected chi connectivity index (χ1v) is 10.4.